The van der Waals surface area contributed by atoms with Gasteiger partial charge in [0.25, 0.3) is 6.33 Å². The maximum atomic E-state index is 9.00. The second-order valence-corrected chi connectivity index (χ2v) is 14.3. The molecule has 0 radical (unpaired) electrons. The zero-order valence-corrected chi connectivity index (χ0v) is 34.2. The summed E-state index contributed by atoms with van der Waals surface area (Å²) >= 11 is 0. The molecule has 294 valence electrons. The maximum Gasteiger partial charge on any atom is 0.268 e. The third-order valence-corrected chi connectivity index (χ3v) is 10.8. The van der Waals surface area contributed by atoms with Crippen molar-refractivity contribution in [2.75, 3.05) is 18.0 Å². The van der Waals surface area contributed by atoms with E-state index in [0.29, 0.717) is 28.2 Å². The average molecular weight is 967 g/mol. The van der Waals surface area contributed by atoms with Gasteiger partial charge >= 0.3 is 0 Å². The molecule has 7 heteroatoms. The largest absolute Gasteiger partial charge is 0.510 e. The summed E-state index contributed by atoms with van der Waals surface area (Å²) in [6.45, 7) is 2.01. The molecule has 1 saturated heterocycles. The number of piperidine rings is 1. The molecule has 7 aromatic carbocycles. The van der Waals surface area contributed by atoms with Crippen LogP contribution in [0.25, 0.3) is 72.3 Å². The predicted octanol–water partition coefficient (Wildman–Crippen LogP) is 11.9. The molecule has 60 heavy (non-hydrogen) atoms. The van der Waals surface area contributed by atoms with Gasteiger partial charge < -0.3 is 18.8 Å². The van der Waals surface area contributed by atoms with Crippen molar-refractivity contribution >= 4 is 38.5 Å². The molecule has 4 heterocycles. The van der Waals surface area contributed by atoms with Crippen LogP contribution in [-0.2, 0) is 21.1 Å². The van der Waals surface area contributed by atoms with Crippen molar-refractivity contribution < 1.29 is 44.1 Å². The molecule has 0 amide bonds. The first-order valence-corrected chi connectivity index (χ1v) is 19.5. The Hall–Kier alpha value is -6.75. The van der Waals surface area contributed by atoms with Gasteiger partial charge in [0.05, 0.1) is 30.4 Å². The summed E-state index contributed by atoms with van der Waals surface area (Å²) in [4.78, 5) is 7.26. The Morgan fingerprint density at radius 3 is 2.08 bits per heavy atom. The third kappa shape index (κ3) is 6.77. The van der Waals surface area contributed by atoms with Gasteiger partial charge in [-0.1, -0.05) is 127 Å². The van der Waals surface area contributed by atoms with E-state index >= 15 is 0 Å². The summed E-state index contributed by atoms with van der Waals surface area (Å²) in [7, 11) is 0. The van der Waals surface area contributed by atoms with Crippen molar-refractivity contribution in [1.82, 2.24) is 14.1 Å². The van der Waals surface area contributed by atoms with Crippen LogP contribution < -0.4 is 14.2 Å². The Bertz CT molecular complexity index is 3590. The van der Waals surface area contributed by atoms with Crippen molar-refractivity contribution in [2.24, 2.45) is 0 Å². The molecule has 1 aliphatic rings. The van der Waals surface area contributed by atoms with Gasteiger partial charge in [0, 0.05) is 69.1 Å². The van der Waals surface area contributed by atoms with Crippen molar-refractivity contribution in [3.63, 3.8) is 0 Å². The monoisotopic (exact) mass is 966 g/mol. The Kier molecular flexibility index (Phi) is 7.48. The quantitative estimate of drug-likeness (QED) is 0.113. The van der Waals surface area contributed by atoms with Gasteiger partial charge in [-0.05, 0) is 64.7 Å². The number of hydrogen-bond donors (Lipinski definition) is 0. The van der Waals surface area contributed by atoms with Crippen LogP contribution in [0.3, 0.4) is 0 Å². The number of hydrogen-bond acceptors (Lipinski definition) is 3. The van der Waals surface area contributed by atoms with Crippen LogP contribution in [0.15, 0.2) is 176 Å². The molecule has 1 aliphatic heterocycles. The Morgan fingerprint density at radius 2 is 1.32 bits per heavy atom. The van der Waals surface area contributed by atoms with E-state index in [1.807, 2.05) is 66.9 Å². The van der Waals surface area contributed by atoms with E-state index < -0.39 is 60.4 Å². The fourth-order valence-electron chi connectivity index (χ4n) is 8.16. The number of ether oxygens (including phenoxy) is 1. The van der Waals surface area contributed by atoms with Crippen LogP contribution in [0.1, 0.15) is 33.0 Å². The van der Waals surface area contributed by atoms with Gasteiger partial charge in [-0.15, -0.1) is 29.7 Å². The van der Waals surface area contributed by atoms with Gasteiger partial charge in [0.2, 0.25) is 0 Å². The maximum absolute atomic E-state index is 9.00. The summed E-state index contributed by atoms with van der Waals surface area (Å²) < 4.78 is 98.9. The molecular weight excluding hydrogens is 918 g/mol. The molecule has 3 aromatic heterocycles. The molecule has 0 aliphatic carbocycles. The zero-order chi connectivity index (χ0) is 47.8. The number of imidazole rings is 1. The molecule has 0 N–H and O–H groups in total. The average Bonchev–Trinajstić information content (AvgIpc) is 3.93. The summed E-state index contributed by atoms with van der Waals surface area (Å²) in [6.07, 6.45) is 8.81. The number of rotatable bonds is 8. The first-order valence-electron chi connectivity index (χ1n) is 24.5. The number of pyridine rings is 1. The fraction of sp³-hybridized carbons (Fsp3) is 0.0943. The number of nitrogens with zero attached hydrogens (tertiary/aromatic N) is 5. The minimum absolute atomic E-state index is 0. The topological polar surface area (TPSA) is 39.1 Å². The zero-order valence-electron chi connectivity index (χ0n) is 42.0. The standard InChI is InChI=1S/C53H39N5O.Pt/c1-4-16-38(17-5-1)44-23-15-24-45(39-18-6-2-7-19-39)53(44)57-37-56(49-26-10-11-27-50(49)57)41-20-14-21-42(34-41)59-43-28-29-47-46-22-8-9-25-48(46)58(51(47)36-43)52-35-40(30-31-54-52)55-32-12-3-13-33-55;/h1-2,4-11,14-31,35H,3,12-13,32-33H2;/q-2;/i1D,2D,4D,5D,6D,7D,16D,17D,18D,19D;. The number of fused-ring (bicyclic) bond motifs is 4. The van der Waals surface area contributed by atoms with Crippen LogP contribution in [0.4, 0.5) is 5.69 Å². The fourth-order valence-corrected chi connectivity index (χ4v) is 8.16. The third-order valence-electron chi connectivity index (χ3n) is 10.8. The molecule has 0 bridgehead atoms. The van der Waals surface area contributed by atoms with E-state index in [2.05, 4.69) is 52.2 Å². The number of anilines is 1. The minimum atomic E-state index is -0.569. The van der Waals surface area contributed by atoms with Crippen LogP contribution in [-0.4, -0.2) is 27.2 Å². The number of para-hydroxylation sites is 4. The Morgan fingerprint density at radius 1 is 0.633 bits per heavy atom. The second kappa shape index (κ2) is 16.1. The molecular formula is C53H39N5OPt-2. The molecule has 6 nitrogen and oxygen atoms in total. The summed E-state index contributed by atoms with van der Waals surface area (Å²) in [5, 5.41) is 2.05. The SMILES string of the molecule is [2H]c1c([2H])c([2H])c(-c2cccc(-c3c([2H])c([2H])c([2H])c([2H])c3[2H])c2-[n+]2[c-]n(-c3[c-]c(Oc4[c-]c5c(cc4)c4ccccc4n5-c4cc(N5CCCCC5)ccn4)ccc3)c3ccccc32)c([2H])c1[2H].[Pt]. The Labute approximate surface area is 377 Å². The van der Waals surface area contributed by atoms with E-state index in [0.717, 1.165) is 59.2 Å². The number of aromatic nitrogens is 4. The molecule has 0 atom stereocenters. The van der Waals surface area contributed by atoms with Crippen LogP contribution in [0.5, 0.6) is 11.5 Å². The molecule has 1 fully saturated rings. The summed E-state index contributed by atoms with van der Waals surface area (Å²) in [5.41, 5.74) is 4.77. The number of benzene rings is 7. The van der Waals surface area contributed by atoms with E-state index in [9.17, 15) is 0 Å². The minimum Gasteiger partial charge on any atom is -0.510 e. The van der Waals surface area contributed by atoms with Gasteiger partial charge in [-0.3, -0.25) is 4.57 Å². The first kappa shape index (κ1) is 27.8. The molecule has 10 aromatic rings. The normalized spacial score (nSPS) is 15.2. The van der Waals surface area contributed by atoms with Gasteiger partial charge in [-0.25, -0.2) is 4.98 Å². The van der Waals surface area contributed by atoms with E-state index in [1.165, 1.54) is 6.42 Å². The van der Waals surface area contributed by atoms with Crippen LogP contribution in [0.2, 0.25) is 0 Å². The van der Waals surface area contributed by atoms with Crippen LogP contribution in [0, 0.1) is 18.5 Å². The second-order valence-electron chi connectivity index (χ2n) is 14.3. The van der Waals surface area contributed by atoms with Gasteiger partial charge in [-0.2, -0.15) is 18.2 Å². The van der Waals surface area contributed by atoms with Crippen molar-refractivity contribution in [3.8, 4) is 50.9 Å². The molecule has 0 saturated carbocycles. The summed E-state index contributed by atoms with van der Waals surface area (Å²) in [6, 6.07) is 35.5. The predicted molar refractivity (Wildman–Crippen MR) is 237 cm³/mol. The van der Waals surface area contributed by atoms with Crippen molar-refractivity contribution in [1.29, 1.82) is 0 Å². The van der Waals surface area contributed by atoms with Crippen LogP contribution >= 0.6 is 0 Å². The molecule has 0 unspecified atom stereocenters. The smallest absolute Gasteiger partial charge is 0.268 e. The molecule has 11 rings (SSSR count). The van der Waals surface area contributed by atoms with Gasteiger partial charge in [0.1, 0.15) is 5.82 Å². The van der Waals surface area contributed by atoms with Crippen molar-refractivity contribution in [3.05, 3.63) is 194 Å². The van der Waals surface area contributed by atoms with Gasteiger partial charge in [0.15, 0.2) is 0 Å². The first-order chi connectivity index (χ1) is 33.4. The van der Waals surface area contributed by atoms with E-state index in [4.69, 9.17) is 23.4 Å². The van der Waals surface area contributed by atoms with E-state index in [1.54, 1.807) is 33.4 Å². The Balaban J connectivity index is 0.00000567. The summed E-state index contributed by atoms with van der Waals surface area (Å²) in [5.74, 6) is 1.59. The van der Waals surface area contributed by atoms with Crippen molar-refractivity contribution in [2.45, 2.75) is 19.3 Å². The van der Waals surface area contributed by atoms with E-state index in [-0.39, 0.29) is 49.0 Å². The molecule has 0 spiro atoms.